The zero-order chi connectivity index (χ0) is 14.1. The Labute approximate surface area is 114 Å². The molecule has 1 heterocycles. The summed E-state index contributed by atoms with van der Waals surface area (Å²) in [6.45, 7) is 0.0315. The molecule has 4 heteroatoms. The lowest BCUT2D eigenvalue weighted by atomic mass is 10.0. The van der Waals surface area contributed by atoms with E-state index in [1.807, 2.05) is 0 Å². The molecule has 0 aliphatic heterocycles. The van der Waals surface area contributed by atoms with Gasteiger partial charge in [-0.15, -0.1) is 0 Å². The van der Waals surface area contributed by atoms with Crippen LogP contribution in [0.3, 0.4) is 0 Å². The van der Waals surface area contributed by atoms with Crippen LogP contribution >= 0.6 is 0 Å². The van der Waals surface area contributed by atoms with E-state index in [1.54, 1.807) is 42.5 Å². The topological polar surface area (TPSA) is 56.2 Å². The molecule has 0 radical (unpaired) electrons. The second kappa shape index (κ2) is 4.90. The highest BCUT2D eigenvalue weighted by Gasteiger charge is 2.17. The number of nitrogens with two attached hydrogens (primary N) is 1. The monoisotopic (exact) mass is 269 g/mol. The number of para-hydroxylation sites is 1. The van der Waals surface area contributed by atoms with Crippen molar-refractivity contribution in [2.45, 2.75) is 6.54 Å². The Morgan fingerprint density at radius 2 is 1.75 bits per heavy atom. The summed E-state index contributed by atoms with van der Waals surface area (Å²) in [6.07, 6.45) is 0. The molecule has 0 aliphatic carbocycles. The molecule has 0 saturated heterocycles. The third-order valence-corrected chi connectivity index (χ3v) is 3.20. The highest BCUT2D eigenvalue weighted by atomic mass is 19.1. The highest BCUT2D eigenvalue weighted by molar-refractivity contribution is 5.82. The first kappa shape index (κ1) is 12.6. The van der Waals surface area contributed by atoms with E-state index in [9.17, 15) is 9.18 Å². The van der Waals surface area contributed by atoms with Crippen molar-refractivity contribution in [3.63, 3.8) is 0 Å². The van der Waals surface area contributed by atoms with Gasteiger partial charge in [0.1, 0.15) is 17.2 Å². The summed E-state index contributed by atoms with van der Waals surface area (Å²) in [7, 11) is 0. The van der Waals surface area contributed by atoms with E-state index in [1.165, 1.54) is 6.07 Å². The van der Waals surface area contributed by atoms with Crippen molar-refractivity contribution in [2.75, 3.05) is 0 Å². The SMILES string of the molecule is NCc1oc2ccccc2c(=O)c1-c1ccccc1F. The van der Waals surface area contributed by atoms with Crippen molar-refractivity contribution >= 4 is 11.0 Å². The minimum Gasteiger partial charge on any atom is -0.459 e. The summed E-state index contributed by atoms with van der Waals surface area (Å²) in [4.78, 5) is 12.6. The average Bonchev–Trinajstić information content (AvgIpc) is 2.48. The van der Waals surface area contributed by atoms with Crippen LogP contribution in [-0.2, 0) is 6.54 Å². The number of halogens is 1. The van der Waals surface area contributed by atoms with E-state index in [0.717, 1.165) is 0 Å². The Balaban J connectivity index is 2.43. The molecule has 2 aromatic carbocycles. The first-order valence-electron chi connectivity index (χ1n) is 6.22. The molecule has 1 aromatic heterocycles. The zero-order valence-electron chi connectivity index (χ0n) is 10.6. The number of rotatable bonds is 2. The summed E-state index contributed by atoms with van der Waals surface area (Å²) in [5.41, 5.74) is 6.25. The minimum atomic E-state index is -0.468. The van der Waals surface area contributed by atoms with E-state index in [0.29, 0.717) is 16.7 Å². The molecular weight excluding hydrogens is 257 g/mol. The van der Waals surface area contributed by atoms with Gasteiger partial charge >= 0.3 is 0 Å². The maximum Gasteiger partial charge on any atom is 0.200 e. The maximum absolute atomic E-state index is 14.0. The van der Waals surface area contributed by atoms with Crippen LogP contribution in [-0.4, -0.2) is 0 Å². The van der Waals surface area contributed by atoms with Crippen LogP contribution in [0.15, 0.2) is 57.7 Å². The first-order valence-corrected chi connectivity index (χ1v) is 6.22. The molecule has 3 aromatic rings. The van der Waals surface area contributed by atoms with Crippen LogP contribution in [0.2, 0.25) is 0 Å². The van der Waals surface area contributed by atoms with Gasteiger partial charge in [0.25, 0.3) is 0 Å². The molecule has 20 heavy (non-hydrogen) atoms. The van der Waals surface area contributed by atoms with Gasteiger partial charge in [0.05, 0.1) is 17.5 Å². The van der Waals surface area contributed by atoms with E-state index in [4.69, 9.17) is 10.2 Å². The standard InChI is InChI=1S/C16H12FNO2/c17-12-7-3-1-5-10(12)15-14(9-18)20-13-8-4-2-6-11(13)16(15)19/h1-8H,9,18H2. The van der Waals surface area contributed by atoms with Gasteiger partial charge < -0.3 is 10.2 Å². The van der Waals surface area contributed by atoms with Gasteiger partial charge in [0, 0.05) is 5.56 Å². The quantitative estimate of drug-likeness (QED) is 0.778. The van der Waals surface area contributed by atoms with Crippen LogP contribution in [0.1, 0.15) is 5.76 Å². The van der Waals surface area contributed by atoms with E-state index in [-0.39, 0.29) is 23.1 Å². The van der Waals surface area contributed by atoms with Crippen molar-refractivity contribution in [3.05, 3.63) is 70.3 Å². The molecule has 0 fully saturated rings. The average molecular weight is 269 g/mol. The van der Waals surface area contributed by atoms with Gasteiger partial charge in [-0.3, -0.25) is 4.79 Å². The lowest BCUT2D eigenvalue weighted by Gasteiger charge is -2.09. The molecule has 0 bridgehead atoms. The fourth-order valence-corrected chi connectivity index (χ4v) is 2.27. The largest absolute Gasteiger partial charge is 0.459 e. The van der Waals surface area contributed by atoms with Crippen LogP contribution in [0.5, 0.6) is 0 Å². The van der Waals surface area contributed by atoms with Crippen molar-refractivity contribution in [1.29, 1.82) is 0 Å². The Morgan fingerprint density at radius 3 is 2.50 bits per heavy atom. The Hall–Kier alpha value is -2.46. The number of hydrogen-bond donors (Lipinski definition) is 1. The van der Waals surface area contributed by atoms with Gasteiger partial charge in [0.2, 0.25) is 5.43 Å². The second-order valence-electron chi connectivity index (χ2n) is 4.41. The molecule has 2 N–H and O–H groups in total. The number of hydrogen-bond acceptors (Lipinski definition) is 3. The number of benzene rings is 2. The maximum atomic E-state index is 14.0. The summed E-state index contributed by atoms with van der Waals surface area (Å²) in [6, 6.07) is 13.0. The van der Waals surface area contributed by atoms with Crippen molar-refractivity contribution in [2.24, 2.45) is 5.73 Å². The van der Waals surface area contributed by atoms with Gasteiger partial charge in [-0.2, -0.15) is 0 Å². The van der Waals surface area contributed by atoms with Gasteiger partial charge in [0.15, 0.2) is 0 Å². The normalized spacial score (nSPS) is 10.9. The smallest absolute Gasteiger partial charge is 0.200 e. The minimum absolute atomic E-state index is 0.0315. The zero-order valence-corrected chi connectivity index (χ0v) is 10.6. The molecule has 3 rings (SSSR count). The van der Waals surface area contributed by atoms with Gasteiger partial charge in [-0.05, 0) is 18.2 Å². The van der Waals surface area contributed by atoms with E-state index >= 15 is 0 Å². The molecule has 0 spiro atoms. The Morgan fingerprint density at radius 1 is 1.05 bits per heavy atom. The molecule has 0 saturated carbocycles. The molecular formula is C16H12FNO2. The van der Waals surface area contributed by atoms with Crippen LogP contribution in [0.4, 0.5) is 4.39 Å². The summed E-state index contributed by atoms with van der Waals surface area (Å²) in [5, 5.41) is 0.419. The molecule has 0 atom stereocenters. The predicted octanol–water partition coefficient (Wildman–Crippen LogP) is 3.06. The lowest BCUT2D eigenvalue weighted by Crippen LogP contribution is -2.12. The number of fused-ring (bicyclic) bond motifs is 1. The third-order valence-electron chi connectivity index (χ3n) is 3.20. The second-order valence-corrected chi connectivity index (χ2v) is 4.41. The van der Waals surface area contributed by atoms with Crippen LogP contribution in [0.25, 0.3) is 22.1 Å². The van der Waals surface area contributed by atoms with Crippen LogP contribution < -0.4 is 11.2 Å². The summed E-state index contributed by atoms with van der Waals surface area (Å²) in [5.74, 6) is -0.177. The molecule has 100 valence electrons. The molecule has 0 amide bonds. The Bertz CT molecular complexity index is 839. The lowest BCUT2D eigenvalue weighted by molar-refractivity contribution is 0.540. The first-order chi connectivity index (χ1) is 9.72. The Kier molecular flexibility index (Phi) is 3.08. The fourth-order valence-electron chi connectivity index (χ4n) is 2.27. The van der Waals surface area contributed by atoms with E-state index < -0.39 is 5.82 Å². The van der Waals surface area contributed by atoms with Crippen molar-refractivity contribution in [3.8, 4) is 11.1 Å². The van der Waals surface area contributed by atoms with Crippen LogP contribution in [0, 0.1) is 5.82 Å². The van der Waals surface area contributed by atoms with E-state index in [2.05, 4.69) is 0 Å². The molecule has 3 nitrogen and oxygen atoms in total. The summed E-state index contributed by atoms with van der Waals surface area (Å²) < 4.78 is 19.6. The van der Waals surface area contributed by atoms with Crippen molar-refractivity contribution in [1.82, 2.24) is 0 Å². The fraction of sp³-hybridized carbons (Fsp3) is 0.0625. The van der Waals surface area contributed by atoms with Crippen molar-refractivity contribution < 1.29 is 8.81 Å². The third kappa shape index (κ3) is 1.90. The highest BCUT2D eigenvalue weighted by Crippen LogP contribution is 2.26. The molecule has 0 unspecified atom stereocenters. The molecule has 0 aliphatic rings. The van der Waals surface area contributed by atoms with Gasteiger partial charge in [-0.1, -0.05) is 30.3 Å². The summed E-state index contributed by atoms with van der Waals surface area (Å²) >= 11 is 0. The van der Waals surface area contributed by atoms with Gasteiger partial charge in [-0.25, -0.2) is 4.39 Å². The predicted molar refractivity (Wildman–Crippen MR) is 75.8 cm³/mol.